The Bertz CT molecular complexity index is 273. The van der Waals surface area contributed by atoms with E-state index >= 15 is 0 Å². The molecule has 0 aliphatic carbocycles. The summed E-state index contributed by atoms with van der Waals surface area (Å²) in [5.74, 6) is 0. The van der Waals surface area contributed by atoms with Crippen LogP contribution in [0.25, 0.3) is 0 Å². The Kier molecular flexibility index (Phi) is 1.44. The van der Waals surface area contributed by atoms with Crippen LogP contribution in [-0.4, -0.2) is 0 Å². The first-order chi connectivity index (χ1) is 4.68. The van der Waals surface area contributed by atoms with Crippen LogP contribution in [0.3, 0.4) is 0 Å². The van der Waals surface area contributed by atoms with E-state index in [0.717, 1.165) is 0 Å². The molecule has 0 aromatic carbocycles. The Morgan fingerprint density at radius 1 is 0.500 bits per heavy atom. The van der Waals surface area contributed by atoms with E-state index in [2.05, 4.69) is 0 Å². The van der Waals surface area contributed by atoms with Gasteiger partial charge in [-0.25, -0.2) is 0 Å². The van der Waals surface area contributed by atoms with E-state index in [0.29, 0.717) is 0 Å². The molecule has 14 heavy (non-hydrogen) atoms. The van der Waals surface area contributed by atoms with Gasteiger partial charge in [0.15, 0.2) is 0 Å². The van der Waals surface area contributed by atoms with E-state index in [1.165, 1.54) is 0 Å². The zero-order chi connectivity index (χ0) is 12.8. The molecule has 0 aromatic rings. The molecule has 0 N–H and O–H groups in total. The maximum absolute atomic E-state index is 16.7. The van der Waals surface area contributed by atoms with Crippen molar-refractivity contribution in [3.8, 4) is 0 Å². The van der Waals surface area contributed by atoms with Gasteiger partial charge in [0.1, 0.15) is 0 Å². The minimum atomic E-state index is -16.7. The molecule has 0 unspecified atom stereocenters. The quantitative estimate of drug-likeness (QED) is 0.335. The Morgan fingerprint density at radius 3 is 0.571 bits per heavy atom. The number of rotatable bonds is 1. The summed E-state index contributed by atoms with van der Waals surface area (Å²) in [6.07, 6.45) is 0. The van der Waals surface area contributed by atoms with E-state index in [1.54, 1.807) is 0 Å². The van der Waals surface area contributed by atoms with Crippen molar-refractivity contribution in [1.82, 2.24) is 0 Å². The molecule has 0 aliphatic rings. The second-order valence-corrected chi connectivity index (χ2v) is 98.7. The first-order valence-electron chi connectivity index (χ1n) is 2.26. The van der Waals surface area contributed by atoms with E-state index < -0.39 is 32.5 Å². The molecule has 0 radical (unpaired) electrons. The third-order valence-electron chi connectivity index (χ3n) is 1.05. The molecule has 0 atom stereocenters. The zero-order valence-electron chi connectivity index (χ0n) is 5.44. The van der Waals surface area contributed by atoms with Crippen LogP contribution in [0.15, 0.2) is 0 Å². The van der Waals surface area contributed by atoms with Crippen molar-refractivity contribution in [3.05, 3.63) is 0 Å². The van der Waals surface area contributed by atoms with E-state index in [9.17, 15) is 26.5 Å². The first kappa shape index (κ1) is 15.2. The maximum atomic E-state index is 10.8. The second kappa shape index (κ2) is 1.33. The minimum absolute atomic E-state index is 10.8. The van der Waals surface area contributed by atoms with Crippen LogP contribution >= 0.6 is 0 Å². The molecule has 0 rings (SSSR count). The Morgan fingerprint density at radius 2 is 0.571 bits per heavy atom. The standard InChI is InChI=1S/12FH.Pu.U/h12*1H;;/q;;;;;;;;;;;;2*+6/p-12. The van der Waals surface area contributed by atoms with Gasteiger partial charge in [-0.05, 0) is 0 Å². The molecule has 0 heterocycles. The Hall–Kier alpha value is 1.20. The summed E-state index contributed by atoms with van der Waals surface area (Å²) in [5, 5.41) is 0. The van der Waals surface area contributed by atoms with E-state index in [-0.39, 0.29) is 0 Å². The second-order valence-electron chi connectivity index (χ2n) is 2.87. The van der Waals surface area contributed by atoms with Gasteiger partial charge in [0, 0.05) is 0 Å². The SMILES string of the molecule is [F][U]([F])([F])([F])([F])([F])[Pu]([F])([F])([F])([F])([F])[F]. The molecular weight excluding hydrogens is 710 g/mol. The Balaban J connectivity index is 7.11. The van der Waals surface area contributed by atoms with Crippen molar-refractivity contribution in [3.63, 3.8) is 0 Å². The molecule has 0 aliphatic heterocycles. The summed E-state index contributed by atoms with van der Waals surface area (Å²) in [6.45, 7) is 0. The molecule has 14 heteroatoms. The first-order valence-corrected chi connectivity index (χ1v) is 37.0. The number of halogens is 12. The molecule has 0 saturated carbocycles. The molecule has 0 saturated heterocycles. The molecule has 0 aromatic heterocycles. The van der Waals surface area contributed by atoms with Crippen LogP contribution in [0.4, 0.5) is 26.5 Å². The van der Waals surface area contributed by atoms with Crippen molar-refractivity contribution >= 4 is 0 Å². The predicted molar refractivity (Wildman–Crippen MR) is 13.3 cm³/mol. The predicted octanol–water partition coefficient (Wildman–Crippen LogP) is 5.04. The number of hydrogen-bond donors (Lipinski definition) is 0. The molecular formula is F12PuU. The summed E-state index contributed by atoms with van der Waals surface area (Å²) in [4.78, 5) is 0. The van der Waals surface area contributed by atoms with Crippen LogP contribution in [0, 0.1) is 32.5 Å². The van der Waals surface area contributed by atoms with Gasteiger partial charge in [0.05, 0.1) is 0 Å². The van der Waals surface area contributed by atoms with Crippen molar-refractivity contribution < 1.29 is 58.9 Å². The van der Waals surface area contributed by atoms with Gasteiger partial charge in [-0.3, -0.25) is 0 Å². The summed E-state index contributed by atoms with van der Waals surface area (Å²) in [7, 11) is 0. The van der Waals surface area contributed by atoms with Crippen LogP contribution in [0.1, 0.15) is 0 Å². The topological polar surface area (TPSA) is 0 Å². The van der Waals surface area contributed by atoms with Gasteiger partial charge in [-0.1, -0.05) is 0 Å². The van der Waals surface area contributed by atoms with Gasteiger partial charge >= 0.3 is 58.9 Å². The summed E-state index contributed by atoms with van der Waals surface area (Å²) < 4.78 is 130. The van der Waals surface area contributed by atoms with Gasteiger partial charge in [0.2, 0.25) is 0 Å². The van der Waals surface area contributed by atoms with Crippen LogP contribution in [-0.2, 0) is 0 Å². The van der Waals surface area contributed by atoms with Gasteiger partial charge in [0.25, 0.3) is 0 Å². The van der Waals surface area contributed by atoms with Gasteiger partial charge < -0.3 is 0 Å². The summed E-state index contributed by atoms with van der Waals surface area (Å²) in [5.41, 5.74) is 0. The van der Waals surface area contributed by atoms with E-state index in [4.69, 9.17) is 0 Å². The fourth-order valence-corrected chi connectivity index (χ4v) is 0. The van der Waals surface area contributed by atoms with Gasteiger partial charge in [-0.15, -0.1) is 0 Å². The van der Waals surface area contributed by atoms with Crippen LogP contribution in [0.2, 0.25) is 0 Å². The van der Waals surface area contributed by atoms with Crippen molar-refractivity contribution in [2.24, 2.45) is 0 Å². The molecule has 0 nitrogen and oxygen atoms in total. The van der Waals surface area contributed by atoms with Crippen LogP contribution < -0.4 is 0 Å². The fraction of sp³-hybridized carbons (Fsp3) is 0. The summed E-state index contributed by atoms with van der Waals surface area (Å²) in [6, 6.07) is 0. The average molecular weight is 710 g/mol. The molecule has 94 valence electrons. The third kappa shape index (κ3) is 1.42. The number of hydrogen-bond acceptors (Lipinski definition) is 0. The molecule has 0 spiro atoms. The third-order valence-corrected chi connectivity index (χ3v) is 91.3. The zero-order valence-corrected chi connectivity index (χ0v) is 13.0. The van der Waals surface area contributed by atoms with Gasteiger partial charge in [-0.2, -0.15) is 0 Å². The molecule has 0 bridgehead atoms. The fourth-order valence-electron chi connectivity index (χ4n) is 0. The summed E-state index contributed by atoms with van der Waals surface area (Å²) >= 11 is -33.4. The monoisotopic (exact) mass is 704 g/mol. The van der Waals surface area contributed by atoms with Crippen molar-refractivity contribution in [2.75, 3.05) is 0 Å². The molecule has 0 fully saturated rings. The van der Waals surface area contributed by atoms with Crippen LogP contribution in [0.5, 0.6) is 0 Å². The Labute approximate surface area is 58.2 Å². The van der Waals surface area contributed by atoms with Crippen molar-refractivity contribution in [2.45, 2.75) is 0 Å². The van der Waals surface area contributed by atoms with E-state index in [1.807, 2.05) is 0 Å². The molecule has 0 amide bonds. The average Bonchev–Trinajstić information content (AvgIpc) is 0.959. The van der Waals surface area contributed by atoms with Crippen molar-refractivity contribution in [1.29, 1.82) is 0 Å². The normalized spacial score (nSPS) is 30.6.